The van der Waals surface area contributed by atoms with E-state index in [4.69, 9.17) is 30.5 Å². The molecule has 2 N–H and O–H groups in total. The predicted octanol–water partition coefficient (Wildman–Crippen LogP) is 7.44. The van der Waals surface area contributed by atoms with Gasteiger partial charge in [-0.3, -0.25) is 0 Å². The fourth-order valence-corrected chi connectivity index (χ4v) is 4.77. The SMILES string of the molecule is CCCCC(CC)COCC(O)COc1cccc2c(OCC(O)COCC(CC)CCCC)c(Cl)ccc12. The quantitative estimate of drug-likeness (QED) is 0.154. The first-order valence-electron chi connectivity index (χ1n) is 14.9. The average molecular weight is 567 g/mol. The highest BCUT2D eigenvalue weighted by Crippen LogP contribution is 2.37. The molecule has 0 bridgehead atoms. The van der Waals surface area contributed by atoms with Crippen molar-refractivity contribution in [3.05, 3.63) is 35.4 Å². The highest BCUT2D eigenvalue weighted by atomic mass is 35.5. The molecular weight excluding hydrogens is 516 g/mol. The van der Waals surface area contributed by atoms with E-state index < -0.39 is 12.2 Å². The molecule has 0 aliphatic rings. The fraction of sp³-hybridized carbons (Fsp3) is 0.688. The second-order valence-electron chi connectivity index (χ2n) is 10.6. The zero-order valence-corrected chi connectivity index (χ0v) is 25.3. The first kappa shape index (κ1) is 33.6. The molecule has 4 unspecified atom stereocenters. The van der Waals surface area contributed by atoms with Crippen LogP contribution in [0.3, 0.4) is 0 Å². The Bertz CT molecular complexity index is 923. The summed E-state index contributed by atoms with van der Waals surface area (Å²) < 4.78 is 23.5. The molecule has 222 valence electrons. The standard InChI is InChI=1S/C32H51ClO6/c1-5-9-12-24(7-3)18-36-20-26(34)22-38-31-15-11-14-29-28(31)16-17-30(33)32(29)39-23-27(35)21-37-19-25(8-4)13-10-6-2/h11,14-17,24-27,34-35H,5-10,12-13,18-23H2,1-4H3. The van der Waals surface area contributed by atoms with Gasteiger partial charge in [0.1, 0.15) is 36.9 Å². The van der Waals surface area contributed by atoms with Crippen LogP contribution in [-0.2, 0) is 9.47 Å². The zero-order valence-electron chi connectivity index (χ0n) is 24.5. The van der Waals surface area contributed by atoms with Crippen LogP contribution in [0.5, 0.6) is 11.5 Å². The van der Waals surface area contributed by atoms with E-state index >= 15 is 0 Å². The van der Waals surface area contributed by atoms with Crippen molar-refractivity contribution < 1.29 is 29.2 Å². The lowest BCUT2D eigenvalue weighted by molar-refractivity contribution is -0.00105. The second-order valence-corrected chi connectivity index (χ2v) is 11.0. The predicted molar refractivity (Wildman–Crippen MR) is 160 cm³/mol. The van der Waals surface area contributed by atoms with Crippen LogP contribution in [0.1, 0.15) is 79.1 Å². The highest BCUT2D eigenvalue weighted by Gasteiger charge is 2.16. The van der Waals surface area contributed by atoms with Gasteiger partial charge >= 0.3 is 0 Å². The van der Waals surface area contributed by atoms with E-state index in [9.17, 15) is 10.2 Å². The second kappa shape index (κ2) is 19.5. The molecule has 7 heteroatoms. The van der Waals surface area contributed by atoms with Gasteiger partial charge in [0.15, 0.2) is 0 Å². The third-order valence-corrected chi connectivity index (χ3v) is 7.49. The third-order valence-electron chi connectivity index (χ3n) is 7.19. The number of rotatable bonds is 22. The topological polar surface area (TPSA) is 77.4 Å². The minimum Gasteiger partial charge on any atom is -0.490 e. The molecule has 0 aliphatic heterocycles. The molecule has 0 saturated carbocycles. The minimum absolute atomic E-state index is 0.0722. The van der Waals surface area contributed by atoms with Gasteiger partial charge in [0.05, 0.1) is 18.2 Å². The van der Waals surface area contributed by atoms with Crippen molar-refractivity contribution >= 4 is 22.4 Å². The van der Waals surface area contributed by atoms with Gasteiger partial charge in [-0.05, 0) is 42.9 Å². The number of aliphatic hydroxyl groups is 2. The first-order chi connectivity index (χ1) is 18.9. The number of hydrogen-bond acceptors (Lipinski definition) is 6. The van der Waals surface area contributed by atoms with Gasteiger partial charge in [-0.15, -0.1) is 0 Å². The van der Waals surface area contributed by atoms with Crippen molar-refractivity contribution in [3.8, 4) is 11.5 Å². The lowest BCUT2D eigenvalue weighted by Crippen LogP contribution is -2.25. The summed E-state index contributed by atoms with van der Waals surface area (Å²) in [6, 6.07) is 9.27. The molecule has 6 nitrogen and oxygen atoms in total. The summed E-state index contributed by atoms with van der Waals surface area (Å²) in [7, 11) is 0. The zero-order chi connectivity index (χ0) is 28.5. The summed E-state index contributed by atoms with van der Waals surface area (Å²) in [5.41, 5.74) is 0. The van der Waals surface area contributed by atoms with Crippen LogP contribution >= 0.6 is 11.6 Å². The molecule has 0 aliphatic carbocycles. The van der Waals surface area contributed by atoms with Crippen LogP contribution in [0.15, 0.2) is 30.3 Å². The Morgan fingerprint density at radius 3 is 1.77 bits per heavy atom. The Labute approximate surface area is 240 Å². The minimum atomic E-state index is -0.760. The molecule has 0 spiro atoms. The Morgan fingerprint density at radius 2 is 1.23 bits per heavy atom. The fourth-order valence-electron chi connectivity index (χ4n) is 4.55. The maximum Gasteiger partial charge on any atom is 0.145 e. The van der Waals surface area contributed by atoms with E-state index in [0.29, 0.717) is 41.6 Å². The lowest BCUT2D eigenvalue weighted by Gasteiger charge is -2.19. The van der Waals surface area contributed by atoms with Crippen LogP contribution in [0.25, 0.3) is 10.8 Å². The molecule has 39 heavy (non-hydrogen) atoms. The summed E-state index contributed by atoms with van der Waals surface area (Å²) in [4.78, 5) is 0. The smallest absolute Gasteiger partial charge is 0.145 e. The monoisotopic (exact) mass is 566 g/mol. The number of hydrogen-bond donors (Lipinski definition) is 2. The number of fused-ring (bicyclic) bond motifs is 1. The number of unbranched alkanes of at least 4 members (excludes halogenated alkanes) is 2. The summed E-state index contributed by atoms with van der Waals surface area (Å²) in [6.45, 7) is 10.7. The molecule has 2 aromatic rings. The van der Waals surface area contributed by atoms with Gasteiger partial charge in [-0.2, -0.15) is 0 Å². The van der Waals surface area contributed by atoms with Crippen LogP contribution in [0, 0.1) is 11.8 Å². The van der Waals surface area contributed by atoms with E-state index in [1.54, 1.807) is 6.07 Å². The van der Waals surface area contributed by atoms with Crippen LogP contribution < -0.4 is 9.47 Å². The van der Waals surface area contributed by atoms with Crippen LogP contribution in [0.2, 0.25) is 5.02 Å². The van der Waals surface area contributed by atoms with E-state index in [1.807, 2.05) is 24.3 Å². The summed E-state index contributed by atoms with van der Waals surface area (Å²) in [5.74, 6) is 2.18. The van der Waals surface area contributed by atoms with Gasteiger partial charge in [0.25, 0.3) is 0 Å². The molecule has 0 radical (unpaired) electrons. The molecule has 2 aromatic carbocycles. The van der Waals surface area contributed by atoms with Crippen LogP contribution in [0.4, 0.5) is 0 Å². The first-order valence-corrected chi connectivity index (χ1v) is 15.3. The Hall–Kier alpha value is -1.57. The Balaban J connectivity index is 1.89. The molecule has 0 saturated heterocycles. The van der Waals surface area contributed by atoms with Gasteiger partial charge in [0, 0.05) is 24.0 Å². The summed E-state index contributed by atoms with van der Waals surface area (Å²) in [6.07, 6.45) is 7.74. The number of aliphatic hydroxyl groups excluding tert-OH is 2. The normalized spacial score (nSPS) is 14.7. The molecule has 2 rings (SSSR count). The van der Waals surface area contributed by atoms with Crippen molar-refractivity contribution in [1.29, 1.82) is 0 Å². The van der Waals surface area contributed by atoms with Crippen molar-refractivity contribution in [2.24, 2.45) is 11.8 Å². The molecule has 0 fully saturated rings. The van der Waals surface area contributed by atoms with E-state index in [2.05, 4.69) is 27.7 Å². The van der Waals surface area contributed by atoms with Gasteiger partial charge < -0.3 is 29.2 Å². The lowest BCUT2D eigenvalue weighted by atomic mass is 10.0. The maximum absolute atomic E-state index is 10.4. The number of ether oxygens (including phenoxy) is 4. The van der Waals surface area contributed by atoms with Crippen LogP contribution in [-0.4, -0.2) is 62.1 Å². The molecule has 0 heterocycles. The summed E-state index contributed by atoms with van der Waals surface area (Å²) in [5, 5.41) is 22.9. The molecule has 0 aromatic heterocycles. The van der Waals surface area contributed by atoms with E-state index in [1.165, 1.54) is 25.7 Å². The molecule has 4 atom stereocenters. The number of halogens is 1. The summed E-state index contributed by atoms with van der Waals surface area (Å²) >= 11 is 6.47. The molecule has 0 amide bonds. The van der Waals surface area contributed by atoms with Crippen molar-refractivity contribution in [3.63, 3.8) is 0 Å². The van der Waals surface area contributed by atoms with Gasteiger partial charge in [0.2, 0.25) is 0 Å². The van der Waals surface area contributed by atoms with Crippen molar-refractivity contribution in [1.82, 2.24) is 0 Å². The third kappa shape index (κ3) is 12.2. The molecular formula is C32H51ClO6. The van der Waals surface area contributed by atoms with Crippen molar-refractivity contribution in [2.45, 2.75) is 91.3 Å². The maximum atomic E-state index is 10.4. The Morgan fingerprint density at radius 1 is 0.667 bits per heavy atom. The Kier molecular flexibility index (Phi) is 16.8. The average Bonchev–Trinajstić information content (AvgIpc) is 2.94. The van der Waals surface area contributed by atoms with E-state index in [0.717, 1.165) is 36.5 Å². The highest BCUT2D eigenvalue weighted by molar-refractivity contribution is 6.33. The van der Waals surface area contributed by atoms with Crippen molar-refractivity contribution in [2.75, 3.05) is 39.6 Å². The largest absolute Gasteiger partial charge is 0.490 e. The van der Waals surface area contributed by atoms with Gasteiger partial charge in [-0.1, -0.05) is 90.0 Å². The van der Waals surface area contributed by atoms with E-state index in [-0.39, 0.29) is 26.4 Å². The number of benzene rings is 2. The van der Waals surface area contributed by atoms with Gasteiger partial charge in [-0.25, -0.2) is 0 Å².